The molecular formula is C15H14N2O3. The number of benzene rings is 1. The van der Waals surface area contributed by atoms with Gasteiger partial charge in [0.05, 0.1) is 29.0 Å². The third-order valence-corrected chi connectivity index (χ3v) is 3.41. The van der Waals surface area contributed by atoms with Gasteiger partial charge in [0.2, 0.25) is 0 Å². The summed E-state index contributed by atoms with van der Waals surface area (Å²) in [5, 5.41) is 8.99. The normalized spacial score (nSPS) is 12.7. The number of aryl methyl sites for hydroxylation is 1. The highest BCUT2D eigenvalue weighted by Crippen LogP contribution is 2.25. The monoisotopic (exact) mass is 270 g/mol. The highest BCUT2D eigenvalue weighted by molar-refractivity contribution is 5.92. The molecule has 20 heavy (non-hydrogen) atoms. The molecule has 2 aromatic heterocycles. The summed E-state index contributed by atoms with van der Waals surface area (Å²) < 4.78 is 7.61. The minimum absolute atomic E-state index is 0.00405. The van der Waals surface area contributed by atoms with Gasteiger partial charge in [0.1, 0.15) is 11.5 Å². The maximum absolute atomic E-state index is 11.0. The average Bonchev–Trinajstić information content (AvgIpc) is 3.03. The number of carbonyl (C=O) groups is 1. The van der Waals surface area contributed by atoms with Crippen molar-refractivity contribution in [3.05, 3.63) is 53.7 Å². The molecule has 0 saturated carbocycles. The largest absolute Gasteiger partial charge is 0.478 e. The van der Waals surface area contributed by atoms with Gasteiger partial charge in [-0.2, -0.15) is 0 Å². The number of aromatic nitrogens is 2. The summed E-state index contributed by atoms with van der Waals surface area (Å²) in [6.45, 7) is 3.92. The minimum Gasteiger partial charge on any atom is -0.478 e. The predicted molar refractivity (Wildman–Crippen MR) is 74.0 cm³/mol. The van der Waals surface area contributed by atoms with Gasteiger partial charge in [-0.1, -0.05) is 0 Å². The summed E-state index contributed by atoms with van der Waals surface area (Å²) >= 11 is 0. The Labute approximate surface area is 115 Å². The van der Waals surface area contributed by atoms with Crippen LogP contribution >= 0.6 is 0 Å². The molecule has 102 valence electrons. The molecule has 0 aliphatic carbocycles. The number of nitrogens with zero attached hydrogens (tertiary/aromatic N) is 2. The molecule has 0 amide bonds. The van der Waals surface area contributed by atoms with E-state index in [4.69, 9.17) is 9.52 Å². The molecule has 0 aliphatic rings. The molecule has 1 atom stereocenters. The number of fused-ring (bicyclic) bond motifs is 1. The molecule has 5 nitrogen and oxygen atoms in total. The van der Waals surface area contributed by atoms with E-state index >= 15 is 0 Å². The fourth-order valence-electron chi connectivity index (χ4n) is 2.29. The van der Waals surface area contributed by atoms with E-state index in [9.17, 15) is 4.79 Å². The summed E-state index contributed by atoms with van der Waals surface area (Å²) in [4.78, 5) is 15.2. The summed E-state index contributed by atoms with van der Waals surface area (Å²) in [6, 6.07) is 8.81. The Morgan fingerprint density at radius 2 is 2.15 bits per heavy atom. The summed E-state index contributed by atoms with van der Waals surface area (Å²) in [6.07, 6.45) is 1.71. The number of rotatable bonds is 3. The topological polar surface area (TPSA) is 68.3 Å². The van der Waals surface area contributed by atoms with E-state index in [1.165, 1.54) is 0 Å². The molecule has 1 N–H and O–H groups in total. The zero-order valence-corrected chi connectivity index (χ0v) is 11.2. The number of hydrogen-bond acceptors (Lipinski definition) is 3. The van der Waals surface area contributed by atoms with Crippen LogP contribution in [0.5, 0.6) is 0 Å². The first kappa shape index (κ1) is 12.5. The van der Waals surface area contributed by atoms with Crippen molar-refractivity contribution in [3.8, 4) is 0 Å². The molecule has 0 spiro atoms. The highest BCUT2D eigenvalue weighted by Gasteiger charge is 2.15. The predicted octanol–water partition coefficient (Wildman–Crippen LogP) is 3.25. The summed E-state index contributed by atoms with van der Waals surface area (Å²) in [5.74, 6) is 0.768. The SMILES string of the molecule is Cc1ccc(C(C)n2cnc3cc(C(=O)O)ccc32)o1. The smallest absolute Gasteiger partial charge is 0.335 e. The lowest BCUT2D eigenvalue weighted by Crippen LogP contribution is -2.04. The second-order valence-electron chi connectivity index (χ2n) is 4.78. The molecule has 1 unspecified atom stereocenters. The first-order valence-corrected chi connectivity index (χ1v) is 6.32. The first-order valence-electron chi connectivity index (χ1n) is 6.32. The number of carboxylic acids is 1. The van der Waals surface area contributed by atoms with Gasteiger partial charge in [0.15, 0.2) is 0 Å². The zero-order chi connectivity index (χ0) is 14.3. The highest BCUT2D eigenvalue weighted by atomic mass is 16.4. The zero-order valence-electron chi connectivity index (χ0n) is 11.2. The second kappa shape index (κ2) is 4.52. The van der Waals surface area contributed by atoms with E-state index in [-0.39, 0.29) is 11.6 Å². The van der Waals surface area contributed by atoms with Crippen LogP contribution in [-0.4, -0.2) is 20.6 Å². The van der Waals surface area contributed by atoms with Crippen LogP contribution in [0.2, 0.25) is 0 Å². The third kappa shape index (κ3) is 1.97. The van der Waals surface area contributed by atoms with Gasteiger partial charge in [-0.25, -0.2) is 9.78 Å². The molecule has 0 saturated heterocycles. The van der Waals surface area contributed by atoms with Crippen LogP contribution in [0.25, 0.3) is 11.0 Å². The lowest BCUT2D eigenvalue weighted by Gasteiger charge is -2.11. The average molecular weight is 270 g/mol. The molecule has 0 radical (unpaired) electrons. The Bertz CT molecular complexity index is 785. The van der Waals surface area contributed by atoms with E-state index in [0.717, 1.165) is 17.0 Å². The third-order valence-electron chi connectivity index (χ3n) is 3.41. The lowest BCUT2D eigenvalue weighted by molar-refractivity contribution is 0.0697. The fraction of sp³-hybridized carbons (Fsp3) is 0.200. The van der Waals surface area contributed by atoms with Gasteiger partial charge in [-0.15, -0.1) is 0 Å². The van der Waals surface area contributed by atoms with Crippen molar-refractivity contribution in [1.29, 1.82) is 0 Å². The van der Waals surface area contributed by atoms with Gasteiger partial charge in [0.25, 0.3) is 0 Å². The van der Waals surface area contributed by atoms with Gasteiger partial charge in [-0.05, 0) is 44.2 Å². The van der Waals surface area contributed by atoms with Crippen molar-refractivity contribution in [3.63, 3.8) is 0 Å². The van der Waals surface area contributed by atoms with E-state index in [0.29, 0.717) is 5.52 Å². The van der Waals surface area contributed by atoms with Gasteiger partial charge < -0.3 is 14.1 Å². The van der Waals surface area contributed by atoms with Crippen molar-refractivity contribution >= 4 is 17.0 Å². The minimum atomic E-state index is -0.948. The molecule has 3 aromatic rings. The van der Waals surface area contributed by atoms with Crippen molar-refractivity contribution in [2.75, 3.05) is 0 Å². The fourth-order valence-corrected chi connectivity index (χ4v) is 2.29. The van der Waals surface area contributed by atoms with Gasteiger partial charge in [0, 0.05) is 0 Å². The molecule has 5 heteroatoms. The van der Waals surface area contributed by atoms with Crippen LogP contribution in [0.15, 0.2) is 41.1 Å². The Hall–Kier alpha value is -2.56. The van der Waals surface area contributed by atoms with E-state index < -0.39 is 5.97 Å². The van der Waals surface area contributed by atoms with Crippen LogP contribution < -0.4 is 0 Å². The van der Waals surface area contributed by atoms with Crippen LogP contribution in [0.1, 0.15) is 34.8 Å². The first-order chi connectivity index (χ1) is 9.56. The van der Waals surface area contributed by atoms with E-state index in [1.54, 1.807) is 24.5 Å². The van der Waals surface area contributed by atoms with Crippen LogP contribution in [-0.2, 0) is 0 Å². The Morgan fingerprint density at radius 1 is 1.35 bits per heavy atom. The molecule has 1 aromatic carbocycles. The van der Waals surface area contributed by atoms with Crippen LogP contribution in [0, 0.1) is 6.92 Å². The maximum Gasteiger partial charge on any atom is 0.335 e. The maximum atomic E-state index is 11.0. The molecule has 0 bridgehead atoms. The van der Waals surface area contributed by atoms with Gasteiger partial charge >= 0.3 is 5.97 Å². The summed E-state index contributed by atoms with van der Waals surface area (Å²) in [7, 11) is 0. The van der Waals surface area contributed by atoms with Crippen molar-refractivity contribution in [1.82, 2.24) is 9.55 Å². The van der Waals surface area contributed by atoms with Gasteiger partial charge in [-0.3, -0.25) is 0 Å². The Morgan fingerprint density at radius 3 is 2.80 bits per heavy atom. The number of hydrogen-bond donors (Lipinski definition) is 1. The quantitative estimate of drug-likeness (QED) is 0.793. The summed E-state index contributed by atoms with van der Waals surface area (Å²) in [5.41, 5.74) is 1.79. The van der Waals surface area contributed by atoms with E-state index in [2.05, 4.69) is 4.98 Å². The van der Waals surface area contributed by atoms with Crippen molar-refractivity contribution in [2.45, 2.75) is 19.9 Å². The Kier molecular flexibility index (Phi) is 2.82. The molecule has 0 aliphatic heterocycles. The standard InChI is InChI=1S/C15H14N2O3/c1-9-3-6-14(20-9)10(2)17-8-16-12-7-11(15(18)19)4-5-13(12)17/h3-8,10H,1-2H3,(H,18,19). The number of aromatic carboxylic acids is 1. The molecule has 2 heterocycles. The molecular weight excluding hydrogens is 256 g/mol. The van der Waals surface area contributed by atoms with Crippen molar-refractivity contribution < 1.29 is 14.3 Å². The lowest BCUT2D eigenvalue weighted by atomic mass is 10.2. The molecule has 3 rings (SSSR count). The Balaban J connectivity index is 2.06. The number of imidazole rings is 1. The van der Waals surface area contributed by atoms with Crippen molar-refractivity contribution in [2.24, 2.45) is 0 Å². The number of carboxylic acid groups (broad SMARTS) is 1. The molecule has 0 fully saturated rings. The van der Waals surface area contributed by atoms with E-state index in [1.807, 2.05) is 30.5 Å². The van der Waals surface area contributed by atoms with Crippen LogP contribution in [0.4, 0.5) is 0 Å². The second-order valence-corrected chi connectivity index (χ2v) is 4.78. The van der Waals surface area contributed by atoms with Crippen LogP contribution in [0.3, 0.4) is 0 Å². The number of furan rings is 1.